The van der Waals surface area contributed by atoms with Gasteiger partial charge in [-0.05, 0) is 12.5 Å². The van der Waals surface area contributed by atoms with E-state index in [-0.39, 0.29) is 0 Å². The van der Waals surface area contributed by atoms with Crippen LogP contribution in [0.4, 0.5) is 0 Å². The van der Waals surface area contributed by atoms with E-state index in [1.807, 2.05) is 24.0 Å². The lowest BCUT2D eigenvalue weighted by Gasteiger charge is -1.94. The quantitative estimate of drug-likeness (QED) is 0.668. The molecule has 0 N–H and O–H groups in total. The van der Waals surface area contributed by atoms with Crippen LogP contribution >= 0.6 is 0 Å². The van der Waals surface area contributed by atoms with Crippen molar-refractivity contribution in [1.82, 2.24) is 24.8 Å². The molecular weight excluding hydrogens is 166 g/mol. The van der Waals surface area contributed by atoms with Gasteiger partial charge in [-0.1, -0.05) is 5.21 Å². The summed E-state index contributed by atoms with van der Waals surface area (Å²) in [5, 5.41) is 11.8. The summed E-state index contributed by atoms with van der Waals surface area (Å²) < 4.78 is 3.25. The van der Waals surface area contributed by atoms with Gasteiger partial charge in [0, 0.05) is 6.20 Å². The Balaban J connectivity index is 2.14. The van der Waals surface area contributed by atoms with Crippen molar-refractivity contribution in [2.24, 2.45) is 0 Å². The van der Waals surface area contributed by atoms with Crippen LogP contribution in [0.5, 0.6) is 0 Å². The van der Waals surface area contributed by atoms with Crippen molar-refractivity contribution < 1.29 is 0 Å². The third-order valence-electron chi connectivity index (χ3n) is 1.67. The Labute approximate surface area is 76.0 Å². The monoisotopic (exact) mass is 176 g/mol. The van der Waals surface area contributed by atoms with Crippen LogP contribution in [0.15, 0.2) is 18.6 Å². The summed E-state index contributed by atoms with van der Waals surface area (Å²) in [6.07, 6.45) is 5.55. The molecule has 13 heavy (non-hydrogen) atoms. The highest BCUT2D eigenvalue weighted by Crippen LogP contribution is 1.98. The number of hydrogen-bond acceptors (Lipinski definition) is 3. The van der Waals surface area contributed by atoms with Gasteiger partial charge in [0.2, 0.25) is 0 Å². The molecule has 0 bridgehead atoms. The predicted octanol–water partition coefficient (Wildman–Crippen LogP) is 0.471. The maximum atomic E-state index is 4.14. The second-order valence-electron chi connectivity index (χ2n) is 2.96. The Morgan fingerprint density at radius 3 is 2.85 bits per heavy atom. The summed E-state index contributed by atoms with van der Waals surface area (Å²) in [6, 6.07) is 0. The average molecular weight is 176 g/mol. The molecule has 0 aliphatic rings. The molecule has 0 saturated carbocycles. The van der Waals surface area contributed by atoms with E-state index >= 15 is 0 Å². The van der Waals surface area contributed by atoms with Crippen LogP contribution in [0, 0.1) is 14.0 Å². The first kappa shape index (κ1) is 7.97. The molecule has 1 radical (unpaired) electrons. The first-order chi connectivity index (χ1) is 6.24. The van der Waals surface area contributed by atoms with Crippen molar-refractivity contribution in [3.8, 4) is 0 Å². The molecule has 2 aromatic heterocycles. The van der Waals surface area contributed by atoms with Crippen LogP contribution < -0.4 is 0 Å². The van der Waals surface area contributed by atoms with E-state index in [2.05, 4.69) is 22.5 Å². The van der Waals surface area contributed by atoms with E-state index in [1.54, 1.807) is 6.20 Å². The minimum atomic E-state index is 0.642. The molecule has 0 amide bonds. The van der Waals surface area contributed by atoms with E-state index in [0.717, 1.165) is 11.3 Å². The molecule has 2 rings (SSSR count). The van der Waals surface area contributed by atoms with Gasteiger partial charge in [-0.15, -0.1) is 5.10 Å². The third-order valence-corrected chi connectivity index (χ3v) is 1.67. The fourth-order valence-corrected chi connectivity index (χ4v) is 1.13. The van der Waals surface area contributed by atoms with Gasteiger partial charge < -0.3 is 0 Å². The van der Waals surface area contributed by atoms with E-state index in [4.69, 9.17) is 0 Å². The van der Waals surface area contributed by atoms with E-state index in [9.17, 15) is 0 Å². The van der Waals surface area contributed by atoms with E-state index in [1.165, 1.54) is 4.68 Å². The summed E-state index contributed by atoms with van der Waals surface area (Å²) in [5.74, 6) is 0. The van der Waals surface area contributed by atoms with Crippen molar-refractivity contribution in [3.05, 3.63) is 36.9 Å². The van der Waals surface area contributed by atoms with Gasteiger partial charge in [0.1, 0.15) is 5.69 Å². The van der Waals surface area contributed by atoms with Crippen LogP contribution in [0.3, 0.4) is 0 Å². The zero-order chi connectivity index (χ0) is 9.26. The Hall–Kier alpha value is -1.65. The second-order valence-corrected chi connectivity index (χ2v) is 2.96. The SMILES string of the molecule is [CH2]n1cc(Cn2cc(C)cn2)nn1. The molecule has 0 fully saturated rings. The number of rotatable bonds is 2. The fraction of sp³-hybridized carbons (Fsp3) is 0.250. The average Bonchev–Trinajstić information content (AvgIpc) is 2.62. The summed E-state index contributed by atoms with van der Waals surface area (Å²) in [5.41, 5.74) is 2.00. The largest absolute Gasteiger partial charge is 0.266 e. The van der Waals surface area contributed by atoms with Crippen molar-refractivity contribution in [1.29, 1.82) is 0 Å². The minimum absolute atomic E-state index is 0.642. The maximum absolute atomic E-state index is 4.14. The predicted molar refractivity (Wildman–Crippen MR) is 46.8 cm³/mol. The van der Waals surface area contributed by atoms with E-state index < -0.39 is 0 Å². The fourth-order valence-electron chi connectivity index (χ4n) is 1.13. The highest BCUT2D eigenvalue weighted by Gasteiger charge is 1.99. The molecular formula is C8H10N5. The molecule has 2 aromatic rings. The molecule has 0 aromatic carbocycles. The number of nitrogens with zero attached hydrogens (tertiary/aromatic N) is 5. The molecule has 5 nitrogen and oxygen atoms in total. The van der Waals surface area contributed by atoms with Gasteiger partial charge >= 0.3 is 0 Å². The summed E-state index contributed by atoms with van der Waals surface area (Å²) >= 11 is 0. The third kappa shape index (κ3) is 1.74. The molecule has 2 heterocycles. The van der Waals surface area contributed by atoms with Crippen LogP contribution in [0.2, 0.25) is 0 Å². The molecule has 0 aliphatic heterocycles. The maximum Gasteiger partial charge on any atom is 0.104 e. The lowest BCUT2D eigenvalue weighted by molar-refractivity contribution is 0.669. The zero-order valence-corrected chi connectivity index (χ0v) is 7.38. The zero-order valence-electron chi connectivity index (χ0n) is 7.38. The van der Waals surface area contributed by atoms with Gasteiger partial charge in [0.15, 0.2) is 0 Å². The Bertz CT molecular complexity index is 362. The Morgan fingerprint density at radius 2 is 2.31 bits per heavy atom. The second kappa shape index (κ2) is 3.01. The standard InChI is InChI=1S/C8H10N5/c1-7-3-9-13(4-7)6-8-5-12(2)11-10-8/h3-5H,2,6H2,1H3. The van der Waals surface area contributed by atoms with Crippen LogP contribution in [0.25, 0.3) is 0 Å². The lowest BCUT2D eigenvalue weighted by Crippen LogP contribution is -1.99. The van der Waals surface area contributed by atoms with E-state index in [0.29, 0.717) is 6.54 Å². The van der Waals surface area contributed by atoms with Crippen molar-refractivity contribution >= 4 is 0 Å². The molecule has 0 spiro atoms. The van der Waals surface area contributed by atoms with Gasteiger partial charge in [-0.25, -0.2) is 0 Å². The molecule has 0 atom stereocenters. The van der Waals surface area contributed by atoms with Crippen LogP contribution in [0.1, 0.15) is 11.3 Å². The Morgan fingerprint density at radius 1 is 1.46 bits per heavy atom. The van der Waals surface area contributed by atoms with Gasteiger partial charge in [-0.3, -0.25) is 9.36 Å². The highest BCUT2D eigenvalue weighted by molar-refractivity contribution is 5.02. The topological polar surface area (TPSA) is 48.5 Å². The minimum Gasteiger partial charge on any atom is -0.266 e. The highest BCUT2D eigenvalue weighted by atomic mass is 15.4. The molecule has 67 valence electrons. The first-order valence-electron chi connectivity index (χ1n) is 3.95. The number of hydrogen-bond donors (Lipinski definition) is 0. The number of aromatic nitrogens is 5. The smallest absolute Gasteiger partial charge is 0.104 e. The van der Waals surface area contributed by atoms with Gasteiger partial charge in [-0.2, -0.15) is 5.10 Å². The van der Waals surface area contributed by atoms with Crippen molar-refractivity contribution in [2.75, 3.05) is 0 Å². The summed E-state index contributed by atoms with van der Waals surface area (Å²) in [6.45, 7) is 2.64. The van der Waals surface area contributed by atoms with Crippen LogP contribution in [-0.2, 0) is 6.54 Å². The first-order valence-corrected chi connectivity index (χ1v) is 3.95. The van der Waals surface area contributed by atoms with Crippen molar-refractivity contribution in [2.45, 2.75) is 13.5 Å². The summed E-state index contributed by atoms with van der Waals surface area (Å²) in [4.78, 5) is 0. The normalized spacial score (nSPS) is 10.6. The van der Waals surface area contributed by atoms with Gasteiger partial charge in [0.05, 0.1) is 26.0 Å². The molecule has 5 heteroatoms. The summed E-state index contributed by atoms with van der Waals surface area (Å²) in [7, 11) is 3.60. The molecule has 0 saturated heterocycles. The molecule has 0 aliphatic carbocycles. The Kier molecular flexibility index (Phi) is 1.84. The lowest BCUT2D eigenvalue weighted by atomic mass is 10.4. The van der Waals surface area contributed by atoms with Crippen molar-refractivity contribution in [3.63, 3.8) is 0 Å². The molecule has 0 unspecified atom stereocenters. The number of aryl methyl sites for hydroxylation is 1. The van der Waals surface area contributed by atoms with Crippen LogP contribution in [-0.4, -0.2) is 24.8 Å². The van der Waals surface area contributed by atoms with Gasteiger partial charge in [0.25, 0.3) is 0 Å².